The van der Waals surface area contributed by atoms with Gasteiger partial charge in [0, 0.05) is 0 Å². The van der Waals surface area contributed by atoms with E-state index in [9.17, 15) is 107 Å². The number of nitrogens with one attached hydrogen (secondary N) is 1. The summed E-state index contributed by atoms with van der Waals surface area (Å²) in [4.78, 5) is 45.7. The number of ether oxygens (including phenoxy) is 3. The zero-order chi connectivity index (χ0) is 38.3. The second kappa shape index (κ2) is 13.0. The normalized spacial score (nSPS) is 14.6. The predicted octanol–water partition coefficient (Wildman–Crippen LogP) is 5.99. The van der Waals surface area contributed by atoms with E-state index in [1.54, 1.807) is 0 Å². The summed E-state index contributed by atoms with van der Waals surface area (Å²) in [5, 5.41) is 0.513. The maximum absolute atomic E-state index is 13.4. The van der Waals surface area contributed by atoms with Crippen molar-refractivity contribution in [2.24, 2.45) is 0 Å². The number of esters is 3. The second-order valence-corrected chi connectivity index (χ2v) is 8.38. The molecule has 0 radical (unpaired) electrons. The molecule has 0 aliphatic heterocycles. The highest BCUT2D eigenvalue weighted by molar-refractivity contribution is 5.85. The monoisotopic (exact) mass is 753 g/mol. The first-order valence-corrected chi connectivity index (χ1v) is 10.9. The number of amides is 1. The first kappa shape index (κ1) is 41.7. The van der Waals surface area contributed by atoms with Gasteiger partial charge in [0.05, 0.1) is 6.54 Å². The number of halogens is 20. The van der Waals surface area contributed by atoms with Crippen LogP contribution in [0.15, 0.2) is 18.2 Å². The Hall–Kier alpha value is -4.30. The van der Waals surface area contributed by atoms with Crippen LogP contribution < -0.4 is 14.8 Å². The Morgan fingerprint density at radius 2 is 0.875 bits per heavy atom. The average Bonchev–Trinajstić information content (AvgIpc) is 2.88. The molecular weight excluding hydrogens is 746 g/mol. The fourth-order valence-corrected chi connectivity index (χ4v) is 2.42. The molecule has 48 heavy (non-hydrogen) atoms. The summed E-state index contributed by atoms with van der Waals surface area (Å²) in [6.45, 7) is -2.30. The molecule has 274 valence electrons. The summed E-state index contributed by atoms with van der Waals surface area (Å²) >= 11 is 0. The highest BCUT2D eigenvalue weighted by Gasteiger charge is 2.68. The molecule has 0 fully saturated rings. The Bertz CT molecular complexity index is 1390. The first-order chi connectivity index (χ1) is 21.0. The molecule has 1 rings (SSSR count). The number of hydrogen-bond acceptors (Lipinski definition) is 7. The summed E-state index contributed by atoms with van der Waals surface area (Å²) in [6, 6.07) is -1.22. The minimum Gasteiger partial charge on any atom is -0.451 e. The smallest absolute Gasteiger partial charge is 0.451 e. The summed E-state index contributed by atoms with van der Waals surface area (Å²) in [5.41, 5.74) is -1.70. The molecule has 0 aromatic heterocycles. The molecule has 1 amide bonds. The Labute approximate surface area is 247 Å². The third-order valence-corrected chi connectivity index (χ3v) is 4.92. The molecule has 8 nitrogen and oxygen atoms in total. The van der Waals surface area contributed by atoms with Crippen molar-refractivity contribution in [2.75, 3.05) is 6.54 Å². The van der Waals surface area contributed by atoms with Crippen LogP contribution in [0.2, 0.25) is 0 Å². The molecule has 1 aromatic carbocycles. The van der Waals surface area contributed by atoms with Gasteiger partial charge in [-0.3, -0.25) is 4.79 Å². The third-order valence-electron chi connectivity index (χ3n) is 4.92. The van der Waals surface area contributed by atoms with Crippen molar-refractivity contribution in [3.8, 4) is 11.5 Å². The number of hydrogen-bond donors (Lipinski definition) is 1. The fourth-order valence-electron chi connectivity index (χ4n) is 2.42. The zero-order valence-electron chi connectivity index (χ0n) is 21.4. The van der Waals surface area contributed by atoms with Crippen LogP contribution in [0.4, 0.5) is 87.8 Å². The molecule has 0 saturated carbocycles. The average molecular weight is 753 g/mol. The molecular formula is C20H7F20NO7. The number of carbonyl (C=O) groups excluding carboxylic acids is 4. The Morgan fingerprint density at radius 1 is 0.521 bits per heavy atom. The van der Waals surface area contributed by atoms with Crippen LogP contribution in [0, 0.1) is 0 Å². The molecule has 1 aromatic rings. The molecule has 0 saturated heterocycles. The van der Waals surface area contributed by atoms with E-state index in [1.807, 2.05) is 0 Å². The van der Waals surface area contributed by atoms with Gasteiger partial charge in [0.15, 0.2) is 11.5 Å². The summed E-state index contributed by atoms with van der Waals surface area (Å²) in [7, 11) is 0. The van der Waals surface area contributed by atoms with E-state index in [2.05, 4.69) is 14.2 Å². The van der Waals surface area contributed by atoms with E-state index in [1.165, 1.54) is 0 Å². The predicted molar refractivity (Wildman–Crippen MR) is 104 cm³/mol. The van der Waals surface area contributed by atoms with Crippen LogP contribution in [-0.2, 0) is 23.9 Å². The minimum absolute atomic E-state index is 0.203. The Kier molecular flexibility index (Phi) is 11.3. The van der Waals surface area contributed by atoms with Crippen molar-refractivity contribution in [3.05, 3.63) is 23.8 Å². The lowest BCUT2D eigenvalue weighted by molar-refractivity contribution is -0.282. The van der Waals surface area contributed by atoms with Crippen molar-refractivity contribution in [1.82, 2.24) is 5.32 Å². The highest BCUT2D eigenvalue weighted by atomic mass is 19.4. The van der Waals surface area contributed by atoms with Gasteiger partial charge in [0.1, 0.15) is 6.10 Å². The van der Waals surface area contributed by atoms with E-state index in [4.69, 9.17) is 0 Å². The third kappa shape index (κ3) is 8.58. The fraction of sp³-hybridized carbons (Fsp3) is 0.500. The van der Waals surface area contributed by atoms with Gasteiger partial charge in [-0.1, -0.05) is 6.07 Å². The first-order valence-electron chi connectivity index (χ1n) is 10.9. The van der Waals surface area contributed by atoms with Crippen molar-refractivity contribution < 1.29 is 121 Å². The van der Waals surface area contributed by atoms with Crippen molar-refractivity contribution in [3.63, 3.8) is 0 Å². The standard InChI is InChI=1S/C20H7F20NO7/c21-13(22,17(29,30)31)9(42)41-4-8(48-12(45)16(27,28)20(38,39)40)5-1-2-6(46-10(43)14(23,24)18(32,33)34)7(3-5)47-11(44)15(25,26)19(35,36)37/h1-3,8H,4H2,(H,41,42). The van der Waals surface area contributed by atoms with Crippen LogP contribution in [0.1, 0.15) is 11.7 Å². The lowest BCUT2D eigenvalue weighted by Gasteiger charge is -2.25. The van der Waals surface area contributed by atoms with E-state index in [0.717, 1.165) is 0 Å². The van der Waals surface area contributed by atoms with Gasteiger partial charge in [0.25, 0.3) is 0 Å². The number of rotatable bonds is 10. The Morgan fingerprint density at radius 3 is 1.25 bits per heavy atom. The van der Waals surface area contributed by atoms with Crippen molar-refractivity contribution in [1.29, 1.82) is 0 Å². The van der Waals surface area contributed by atoms with Gasteiger partial charge in [-0.2, -0.15) is 87.8 Å². The number of carbonyl (C=O) groups is 4. The SMILES string of the molecule is O=C(NCC(OC(=O)C(F)(F)C(F)(F)F)c1ccc(OC(=O)C(F)(F)C(F)(F)F)c(OC(=O)C(F)(F)C(F)(F)F)c1)C(F)(F)C(F)(F)F. The van der Waals surface area contributed by atoms with Crippen molar-refractivity contribution >= 4 is 23.8 Å². The summed E-state index contributed by atoms with van der Waals surface area (Å²) in [6.07, 6.45) is -30.7. The van der Waals surface area contributed by atoms with Gasteiger partial charge in [-0.25, -0.2) is 14.4 Å². The molecule has 1 unspecified atom stereocenters. The van der Waals surface area contributed by atoms with E-state index in [-0.39, 0.29) is 6.07 Å². The number of alkyl halides is 20. The van der Waals surface area contributed by atoms with Gasteiger partial charge in [-0.15, -0.1) is 0 Å². The van der Waals surface area contributed by atoms with Crippen molar-refractivity contribution in [2.45, 2.75) is 54.5 Å². The largest absolute Gasteiger partial charge is 0.465 e. The van der Waals surface area contributed by atoms with Gasteiger partial charge in [-0.05, 0) is 17.7 Å². The van der Waals surface area contributed by atoms with E-state index >= 15 is 0 Å². The maximum Gasteiger partial charge on any atom is 0.465 e. The molecule has 0 heterocycles. The topological polar surface area (TPSA) is 108 Å². The highest BCUT2D eigenvalue weighted by Crippen LogP contribution is 2.43. The van der Waals surface area contributed by atoms with Crippen LogP contribution in [0.5, 0.6) is 11.5 Å². The molecule has 0 bridgehead atoms. The lowest BCUT2D eigenvalue weighted by atomic mass is 10.1. The van der Waals surface area contributed by atoms with Crippen LogP contribution >= 0.6 is 0 Å². The summed E-state index contributed by atoms with van der Waals surface area (Å²) in [5.74, 6) is -45.8. The second-order valence-electron chi connectivity index (χ2n) is 8.38. The molecule has 0 aliphatic rings. The molecule has 0 aliphatic carbocycles. The zero-order valence-corrected chi connectivity index (χ0v) is 21.4. The maximum atomic E-state index is 13.4. The lowest BCUT2D eigenvalue weighted by Crippen LogP contribution is -2.51. The summed E-state index contributed by atoms with van der Waals surface area (Å²) < 4.78 is 267. The number of benzene rings is 1. The van der Waals surface area contributed by atoms with Crippen LogP contribution in [0.3, 0.4) is 0 Å². The quantitative estimate of drug-likeness (QED) is 0.178. The molecule has 1 N–H and O–H groups in total. The Balaban J connectivity index is 3.86. The van der Waals surface area contributed by atoms with Gasteiger partial charge >= 0.3 is 72.2 Å². The van der Waals surface area contributed by atoms with Crippen LogP contribution in [0.25, 0.3) is 0 Å². The van der Waals surface area contributed by atoms with E-state index in [0.29, 0.717) is 5.32 Å². The minimum atomic E-state index is -6.91. The van der Waals surface area contributed by atoms with Gasteiger partial charge < -0.3 is 19.5 Å². The van der Waals surface area contributed by atoms with E-state index < -0.39 is 114 Å². The van der Waals surface area contributed by atoms with Gasteiger partial charge in [0.2, 0.25) is 0 Å². The molecule has 28 heteroatoms. The van der Waals surface area contributed by atoms with Crippen LogP contribution in [-0.4, -0.2) is 78.8 Å². The molecule has 0 spiro atoms. The molecule has 1 atom stereocenters.